The number of hydrogen-bond acceptors (Lipinski definition) is 2. The van der Waals surface area contributed by atoms with Gasteiger partial charge in [-0.2, -0.15) is 0 Å². The van der Waals surface area contributed by atoms with Crippen molar-refractivity contribution in [3.05, 3.63) is 34.2 Å². The molecule has 0 saturated heterocycles. The van der Waals surface area contributed by atoms with Crippen LogP contribution in [0.2, 0.25) is 0 Å². The zero-order chi connectivity index (χ0) is 15.6. The molecule has 2 unspecified atom stereocenters. The van der Waals surface area contributed by atoms with E-state index in [1.165, 1.54) is 0 Å². The third kappa shape index (κ3) is 2.91. The van der Waals surface area contributed by atoms with Gasteiger partial charge >= 0.3 is 5.69 Å². The molecule has 1 heterocycles. The Bertz CT molecular complexity index is 669. The summed E-state index contributed by atoms with van der Waals surface area (Å²) in [7, 11) is 3.55. The van der Waals surface area contributed by atoms with Crippen molar-refractivity contribution in [2.24, 2.45) is 20.0 Å². The second kappa shape index (κ2) is 6.48. The molecule has 2 rings (SSSR count). The molecule has 1 aromatic carbocycles. The smallest absolute Gasteiger partial charge is 0.328 e. The van der Waals surface area contributed by atoms with E-state index in [1.807, 2.05) is 18.2 Å². The third-order valence-electron chi connectivity index (χ3n) is 4.54. The molecule has 0 bridgehead atoms. The van der Waals surface area contributed by atoms with Crippen LogP contribution in [-0.2, 0) is 14.1 Å². The molecule has 4 heteroatoms. The number of rotatable bonds is 6. The Morgan fingerprint density at radius 1 is 1.14 bits per heavy atom. The van der Waals surface area contributed by atoms with Gasteiger partial charge in [-0.05, 0) is 30.0 Å². The maximum Gasteiger partial charge on any atom is 0.328 e. The van der Waals surface area contributed by atoms with Crippen molar-refractivity contribution in [3.8, 4) is 0 Å². The van der Waals surface area contributed by atoms with Gasteiger partial charge in [-0.15, -0.1) is 0 Å². The lowest BCUT2D eigenvalue weighted by atomic mass is 9.89. The average Bonchev–Trinajstić information content (AvgIpc) is 2.72. The van der Waals surface area contributed by atoms with Crippen LogP contribution in [0.4, 0.5) is 0 Å². The fourth-order valence-corrected chi connectivity index (χ4v) is 3.03. The van der Waals surface area contributed by atoms with Crippen LogP contribution in [0.5, 0.6) is 0 Å². The highest BCUT2D eigenvalue weighted by Gasteiger charge is 2.20. The maximum absolute atomic E-state index is 12.0. The highest BCUT2D eigenvalue weighted by Crippen LogP contribution is 2.30. The summed E-state index contributed by atoms with van der Waals surface area (Å²) in [4.78, 5) is 12.0. The van der Waals surface area contributed by atoms with E-state index in [0.29, 0.717) is 0 Å². The highest BCUT2D eigenvalue weighted by molar-refractivity contribution is 5.76. The van der Waals surface area contributed by atoms with Gasteiger partial charge in [0.05, 0.1) is 17.1 Å². The minimum absolute atomic E-state index is 0.0327. The number of imidazole rings is 1. The van der Waals surface area contributed by atoms with Gasteiger partial charge in [0.15, 0.2) is 0 Å². The first-order valence-electron chi connectivity index (χ1n) is 7.84. The van der Waals surface area contributed by atoms with Gasteiger partial charge in [0.2, 0.25) is 0 Å². The van der Waals surface area contributed by atoms with Crippen LogP contribution < -0.4 is 5.69 Å². The number of aliphatic hydroxyl groups is 1. The molecule has 21 heavy (non-hydrogen) atoms. The SMILES string of the molecule is CCCCC(CC)C(O)c1ccc2c(c1)n(C)c(=O)n2C. The first-order chi connectivity index (χ1) is 10.0. The van der Waals surface area contributed by atoms with Gasteiger partial charge in [-0.1, -0.05) is 39.2 Å². The number of hydrogen-bond donors (Lipinski definition) is 1. The number of aromatic nitrogens is 2. The lowest BCUT2D eigenvalue weighted by molar-refractivity contribution is 0.0990. The van der Waals surface area contributed by atoms with E-state index >= 15 is 0 Å². The molecule has 0 saturated carbocycles. The number of unbranched alkanes of at least 4 members (excludes halogenated alkanes) is 1. The number of fused-ring (bicyclic) bond motifs is 1. The Hall–Kier alpha value is -1.55. The van der Waals surface area contributed by atoms with Crippen LogP contribution in [0.3, 0.4) is 0 Å². The summed E-state index contributed by atoms with van der Waals surface area (Å²) >= 11 is 0. The largest absolute Gasteiger partial charge is 0.388 e. The predicted octanol–water partition coefficient (Wildman–Crippen LogP) is 3.13. The fourth-order valence-electron chi connectivity index (χ4n) is 3.03. The normalized spacial score (nSPS) is 14.5. The van der Waals surface area contributed by atoms with Crippen LogP contribution in [0.25, 0.3) is 11.0 Å². The Morgan fingerprint density at radius 2 is 1.81 bits per heavy atom. The van der Waals surface area contributed by atoms with Crippen molar-refractivity contribution in [2.45, 2.75) is 45.6 Å². The molecule has 4 nitrogen and oxygen atoms in total. The number of aryl methyl sites for hydroxylation is 2. The van der Waals surface area contributed by atoms with E-state index in [-0.39, 0.29) is 11.6 Å². The number of aliphatic hydroxyl groups excluding tert-OH is 1. The number of benzene rings is 1. The summed E-state index contributed by atoms with van der Waals surface area (Å²) < 4.78 is 3.28. The van der Waals surface area contributed by atoms with Gasteiger partial charge in [0.25, 0.3) is 0 Å². The monoisotopic (exact) mass is 290 g/mol. The van der Waals surface area contributed by atoms with Gasteiger partial charge in [0.1, 0.15) is 0 Å². The molecule has 2 atom stereocenters. The Kier molecular flexibility index (Phi) is 4.88. The number of nitrogens with zero attached hydrogens (tertiary/aromatic N) is 2. The average molecular weight is 290 g/mol. The van der Waals surface area contributed by atoms with Crippen LogP contribution in [0, 0.1) is 5.92 Å². The summed E-state index contributed by atoms with van der Waals surface area (Å²) in [5.74, 6) is 0.281. The Morgan fingerprint density at radius 3 is 2.43 bits per heavy atom. The molecule has 0 fully saturated rings. The van der Waals surface area contributed by atoms with Gasteiger partial charge in [0, 0.05) is 14.1 Å². The van der Waals surface area contributed by atoms with Crippen LogP contribution in [0.1, 0.15) is 51.2 Å². The molecular formula is C17H26N2O2. The first kappa shape index (κ1) is 15.8. The molecule has 0 radical (unpaired) electrons. The molecule has 1 aromatic heterocycles. The minimum Gasteiger partial charge on any atom is -0.388 e. The molecule has 2 aromatic rings. The summed E-state index contributed by atoms with van der Waals surface area (Å²) in [6.07, 6.45) is 3.84. The predicted molar refractivity (Wildman–Crippen MR) is 86.4 cm³/mol. The topological polar surface area (TPSA) is 47.2 Å². The van der Waals surface area contributed by atoms with Crippen LogP contribution >= 0.6 is 0 Å². The zero-order valence-corrected chi connectivity index (χ0v) is 13.5. The van der Waals surface area contributed by atoms with E-state index in [9.17, 15) is 9.90 Å². The van der Waals surface area contributed by atoms with Crippen molar-refractivity contribution in [1.29, 1.82) is 0 Å². The van der Waals surface area contributed by atoms with Gasteiger partial charge in [-0.3, -0.25) is 9.13 Å². The first-order valence-corrected chi connectivity index (χ1v) is 7.84. The van der Waals surface area contributed by atoms with E-state index < -0.39 is 6.10 Å². The molecule has 0 aliphatic heterocycles. The van der Waals surface area contributed by atoms with E-state index in [4.69, 9.17) is 0 Å². The van der Waals surface area contributed by atoms with Crippen molar-refractivity contribution in [1.82, 2.24) is 9.13 Å². The second-order valence-corrected chi connectivity index (χ2v) is 5.90. The standard InChI is InChI=1S/C17H26N2O2/c1-5-7-8-12(6-2)16(20)13-9-10-14-15(11-13)19(4)17(21)18(14)3/h9-12,16,20H,5-8H2,1-4H3. The third-order valence-corrected chi connectivity index (χ3v) is 4.54. The van der Waals surface area contributed by atoms with Crippen molar-refractivity contribution in [2.75, 3.05) is 0 Å². The molecular weight excluding hydrogens is 264 g/mol. The quantitative estimate of drug-likeness (QED) is 0.888. The van der Waals surface area contributed by atoms with Crippen LogP contribution in [-0.4, -0.2) is 14.2 Å². The summed E-state index contributed by atoms with van der Waals surface area (Å²) in [5.41, 5.74) is 2.66. The second-order valence-electron chi connectivity index (χ2n) is 5.90. The summed E-state index contributed by atoms with van der Waals surface area (Å²) in [6, 6.07) is 5.83. The molecule has 116 valence electrons. The lowest BCUT2D eigenvalue weighted by Crippen LogP contribution is -2.19. The highest BCUT2D eigenvalue weighted by atomic mass is 16.3. The Balaban J connectivity index is 2.38. The molecule has 0 aliphatic rings. The van der Waals surface area contributed by atoms with E-state index in [2.05, 4.69) is 13.8 Å². The minimum atomic E-state index is -0.457. The fraction of sp³-hybridized carbons (Fsp3) is 0.588. The van der Waals surface area contributed by atoms with Crippen molar-refractivity contribution < 1.29 is 5.11 Å². The Labute approximate surface area is 126 Å². The van der Waals surface area contributed by atoms with E-state index in [0.717, 1.165) is 42.3 Å². The molecule has 0 aliphatic carbocycles. The van der Waals surface area contributed by atoms with Crippen molar-refractivity contribution in [3.63, 3.8) is 0 Å². The molecule has 1 N–H and O–H groups in total. The summed E-state index contributed by atoms with van der Waals surface area (Å²) in [5, 5.41) is 10.6. The zero-order valence-electron chi connectivity index (χ0n) is 13.5. The van der Waals surface area contributed by atoms with E-state index in [1.54, 1.807) is 23.2 Å². The lowest BCUT2D eigenvalue weighted by Gasteiger charge is -2.22. The van der Waals surface area contributed by atoms with Crippen molar-refractivity contribution >= 4 is 11.0 Å². The maximum atomic E-state index is 12.0. The summed E-state index contributed by atoms with van der Waals surface area (Å²) in [6.45, 7) is 4.30. The van der Waals surface area contributed by atoms with Gasteiger partial charge < -0.3 is 5.11 Å². The van der Waals surface area contributed by atoms with Gasteiger partial charge in [-0.25, -0.2) is 4.79 Å². The molecule has 0 amide bonds. The van der Waals surface area contributed by atoms with Crippen LogP contribution in [0.15, 0.2) is 23.0 Å². The molecule has 0 spiro atoms.